The van der Waals surface area contributed by atoms with Crippen molar-refractivity contribution in [3.63, 3.8) is 0 Å². The molecule has 2 atom stereocenters. The van der Waals surface area contributed by atoms with Crippen LogP contribution < -0.4 is 5.32 Å². The lowest BCUT2D eigenvalue weighted by Crippen LogP contribution is -2.44. The van der Waals surface area contributed by atoms with E-state index in [1.165, 1.54) is 22.0 Å². The fourth-order valence-electron chi connectivity index (χ4n) is 2.11. The molecule has 1 aromatic rings. The van der Waals surface area contributed by atoms with E-state index in [-0.39, 0.29) is 11.3 Å². The normalized spacial score (nSPS) is 19.2. The van der Waals surface area contributed by atoms with E-state index in [2.05, 4.69) is 11.4 Å². The number of rotatable bonds is 8. The molecule has 0 bridgehead atoms. The van der Waals surface area contributed by atoms with Gasteiger partial charge in [-0.2, -0.15) is 0 Å². The Kier molecular flexibility index (Phi) is 5.23. The number of nitrogens with one attached hydrogen (secondary N) is 1. The second-order valence-corrected chi connectivity index (χ2v) is 9.13. The smallest absolute Gasteiger partial charge is 0.217 e. The Morgan fingerprint density at radius 2 is 2.15 bits per heavy atom. The topological polar surface area (TPSA) is 49.4 Å². The first kappa shape index (κ1) is 15.9. The maximum absolute atomic E-state index is 12.5. The molecule has 0 aromatic carbocycles. The van der Waals surface area contributed by atoms with Gasteiger partial charge in [0.25, 0.3) is 0 Å². The lowest BCUT2D eigenvalue weighted by molar-refractivity contribution is 0.381. The standard InChI is InChI=1S/C14H24N2O2S2/c1-11(9-14-5-4-8-19-14)16(3)20(17,18)12(2)10-15-13-6-7-13/h4-5,8,11-13,15H,6-7,9-10H2,1-3H3. The van der Waals surface area contributed by atoms with Crippen LogP contribution >= 0.6 is 11.3 Å². The van der Waals surface area contributed by atoms with Crippen LogP contribution in [0.15, 0.2) is 17.5 Å². The third-order valence-corrected chi connectivity index (χ3v) is 7.12. The van der Waals surface area contributed by atoms with Gasteiger partial charge in [0, 0.05) is 30.6 Å². The van der Waals surface area contributed by atoms with Crippen LogP contribution in [0.4, 0.5) is 0 Å². The predicted molar refractivity (Wildman–Crippen MR) is 84.7 cm³/mol. The Balaban J connectivity index is 1.91. The third kappa shape index (κ3) is 4.04. The molecule has 2 rings (SSSR count). The van der Waals surface area contributed by atoms with E-state index in [9.17, 15) is 8.42 Å². The van der Waals surface area contributed by atoms with Crippen LogP contribution in [-0.4, -0.2) is 43.6 Å². The van der Waals surface area contributed by atoms with Gasteiger partial charge in [-0.3, -0.25) is 0 Å². The molecule has 1 fully saturated rings. The minimum atomic E-state index is -3.23. The zero-order chi connectivity index (χ0) is 14.8. The Labute approximate surface area is 126 Å². The van der Waals surface area contributed by atoms with Gasteiger partial charge < -0.3 is 5.32 Å². The van der Waals surface area contributed by atoms with Gasteiger partial charge in [0.1, 0.15) is 0 Å². The maximum Gasteiger partial charge on any atom is 0.217 e. The molecular formula is C14H24N2O2S2. The molecule has 1 aliphatic carbocycles. The largest absolute Gasteiger partial charge is 0.313 e. The molecule has 2 unspecified atom stereocenters. The first-order valence-electron chi connectivity index (χ1n) is 7.14. The van der Waals surface area contributed by atoms with Crippen LogP contribution in [0.5, 0.6) is 0 Å². The van der Waals surface area contributed by atoms with Crippen molar-refractivity contribution in [2.45, 2.75) is 50.4 Å². The summed E-state index contributed by atoms with van der Waals surface area (Å²) < 4.78 is 26.6. The highest BCUT2D eigenvalue weighted by Gasteiger charge is 2.31. The van der Waals surface area contributed by atoms with Crippen molar-refractivity contribution in [1.82, 2.24) is 9.62 Å². The van der Waals surface area contributed by atoms with Gasteiger partial charge in [0.2, 0.25) is 10.0 Å². The summed E-state index contributed by atoms with van der Waals surface area (Å²) in [6.45, 7) is 4.31. The van der Waals surface area contributed by atoms with Crippen LogP contribution in [0, 0.1) is 0 Å². The summed E-state index contributed by atoms with van der Waals surface area (Å²) in [5, 5.41) is 4.95. The summed E-state index contributed by atoms with van der Waals surface area (Å²) in [6.07, 6.45) is 3.13. The Bertz CT molecular complexity index is 509. The van der Waals surface area contributed by atoms with Gasteiger partial charge in [-0.25, -0.2) is 12.7 Å². The van der Waals surface area contributed by atoms with Gasteiger partial charge in [-0.1, -0.05) is 6.07 Å². The van der Waals surface area contributed by atoms with Crippen molar-refractivity contribution in [1.29, 1.82) is 0 Å². The van der Waals surface area contributed by atoms with Crippen molar-refractivity contribution in [3.05, 3.63) is 22.4 Å². The van der Waals surface area contributed by atoms with E-state index in [0.29, 0.717) is 12.6 Å². The minimum absolute atomic E-state index is 0.0120. The molecule has 0 spiro atoms. The molecule has 0 radical (unpaired) electrons. The summed E-state index contributed by atoms with van der Waals surface area (Å²) in [4.78, 5) is 1.23. The maximum atomic E-state index is 12.5. The molecular weight excluding hydrogens is 292 g/mol. The number of hydrogen-bond acceptors (Lipinski definition) is 4. The van der Waals surface area contributed by atoms with Gasteiger partial charge in [-0.05, 0) is 44.6 Å². The van der Waals surface area contributed by atoms with E-state index in [0.717, 1.165) is 6.42 Å². The van der Waals surface area contributed by atoms with Crippen LogP contribution in [0.25, 0.3) is 0 Å². The van der Waals surface area contributed by atoms with Crippen molar-refractivity contribution >= 4 is 21.4 Å². The van der Waals surface area contributed by atoms with E-state index in [4.69, 9.17) is 0 Å². The molecule has 1 aromatic heterocycles. The molecule has 0 saturated heterocycles. The lowest BCUT2D eigenvalue weighted by Gasteiger charge is -2.27. The number of nitrogens with zero attached hydrogens (tertiary/aromatic N) is 1. The van der Waals surface area contributed by atoms with E-state index in [1.54, 1.807) is 25.3 Å². The highest BCUT2D eigenvalue weighted by molar-refractivity contribution is 7.89. The van der Waals surface area contributed by atoms with Gasteiger partial charge >= 0.3 is 0 Å². The predicted octanol–water partition coefficient (Wildman–Crippen LogP) is 2.08. The molecule has 20 heavy (non-hydrogen) atoms. The highest BCUT2D eigenvalue weighted by atomic mass is 32.2. The lowest BCUT2D eigenvalue weighted by atomic mass is 10.2. The molecule has 1 saturated carbocycles. The van der Waals surface area contributed by atoms with Gasteiger partial charge in [0.15, 0.2) is 0 Å². The zero-order valence-corrected chi connectivity index (χ0v) is 14.0. The molecule has 0 aliphatic heterocycles. The van der Waals surface area contributed by atoms with Crippen molar-refractivity contribution in [2.75, 3.05) is 13.6 Å². The van der Waals surface area contributed by atoms with Gasteiger partial charge in [-0.15, -0.1) is 11.3 Å². The van der Waals surface area contributed by atoms with E-state index in [1.807, 2.05) is 18.4 Å². The Morgan fingerprint density at radius 1 is 1.45 bits per heavy atom. The SMILES string of the molecule is CC(Cc1cccs1)N(C)S(=O)(=O)C(C)CNC1CC1. The van der Waals surface area contributed by atoms with Crippen molar-refractivity contribution in [3.8, 4) is 0 Å². The Hall–Kier alpha value is -0.430. The van der Waals surface area contributed by atoms with Crippen LogP contribution in [0.2, 0.25) is 0 Å². The average molecular weight is 316 g/mol. The number of thiophene rings is 1. The van der Waals surface area contributed by atoms with E-state index < -0.39 is 10.0 Å². The monoisotopic (exact) mass is 316 g/mol. The van der Waals surface area contributed by atoms with Crippen LogP contribution in [0.1, 0.15) is 31.6 Å². The van der Waals surface area contributed by atoms with Gasteiger partial charge in [0.05, 0.1) is 5.25 Å². The van der Waals surface area contributed by atoms with Crippen LogP contribution in [-0.2, 0) is 16.4 Å². The molecule has 0 amide bonds. The third-order valence-electron chi connectivity index (χ3n) is 3.88. The Morgan fingerprint density at radius 3 is 2.70 bits per heavy atom. The summed E-state index contributed by atoms with van der Waals surface area (Å²) in [6, 6.07) is 4.59. The second kappa shape index (κ2) is 6.56. The quantitative estimate of drug-likeness (QED) is 0.799. The molecule has 4 nitrogen and oxygen atoms in total. The summed E-state index contributed by atoms with van der Waals surface area (Å²) in [5.41, 5.74) is 0. The highest BCUT2D eigenvalue weighted by Crippen LogP contribution is 2.20. The molecule has 6 heteroatoms. The minimum Gasteiger partial charge on any atom is -0.313 e. The molecule has 1 N–H and O–H groups in total. The first-order chi connectivity index (χ1) is 9.41. The van der Waals surface area contributed by atoms with Crippen molar-refractivity contribution < 1.29 is 8.42 Å². The second-order valence-electron chi connectivity index (χ2n) is 5.69. The molecule has 1 aliphatic rings. The van der Waals surface area contributed by atoms with Crippen LogP contribution in [0.3, 0.4) is 0 Å². The number of likely N-dealkylation sites (N-methyl/N-ethyl adjacent to an activating group) is 1. The first-order valence-corrected chi connectivity index (χ1v) is 9.52. The fourth-order valence-corrected chi connectivity index (χ4v) is 4.39. The number of hydrogen-bond donors (Lipinski definition) is 1. The number of sulfonamides is 1. The average Bonchev–Trinajstić information content (AvgIpc) is 3.11. The zero-order valence-electron chi connectivity index (χ0n) is 12.4. The fraction of sp³-hybridized carbons (Fsp3) is 0.714. The van der Waals surface area contributed by atoms with Crippen molar-refractivity contribution in [2.24, 2.45) is 0 Å². The van der Waals surface area contributed by atoms with E-state index >= 15 is 0 Å². The summed E-state index contributed by atoms with van der Waals surface area (Å²) in [7, 11) is -1.54. The summed E-state index contributed by atoms with van der Waals surface area (Å²) in [5.74, 6) is 0. The summed E-state index contributed by atoms with van der Waals surface area (Å²) >= 11 is 1.68. The molecule has 1 heterocycles. The molecule has 114 valence electrons.